The topological polar surface area (TPSA) is 25.8 Å². The molecule has 0 fully saturated rings. The van der Waals surface area contributed by atoms with Gasteiger partial charge in [-0.15, -0.1) is 59.7 Å². The molecule has 0 N–H and O–H groups in total. The van der Waals surface area contributed by atoms with E-state index in [1.807, 2.05) is 41.8 Å². The third kappa shape index (κ3) is 6.67. The van der Waals surface area contributed by atoms with Crippen molar-refractivity contribution in [1.29, 1.82) is 0 Å². The molecule has 3 aromatic heterocycles. The summed E-state index contributed by atoms with van der Waals surface area (Å²) >= 11 is 1.87. The number of pyridine rings is 2. The van der Waals surface area contributed by atoms with Crippen LogP contribution >= 0.6 is 11.3 Å². The average Bonchev–Trinajstić information content (AvgIpc) is 3.35. The van der Waals surface area contributed by atoms with Gasteiger partial charge in [0.2, 0.25) is 0 Å². The van der Waals surface area contributed by atoms with Crippen LogP contribution in [0.1, 0.15) is 35.0 Å². The average molecular weight is 738 g/mol. The summed E-state index contributed by atoms with van der Waals surface area (Å²) in [6, 6.07) is 32.8. The molecule has 1 radical (unpaired) electrons. The van der Waals surface area contributed by atoms with Crippen LogP contribution in [0, 0.1) is 19.0 Å². The van der Waals surface area contributed by atoms with Crippen LogP contribution < -0.4 is 5.19 Å². The van der Waals surface area contributed by atoms with Crippen LogP contribution in [0.5, 0.6) is 0 Å². The van der Waals surface area contributed by atoms with E-state index < -0.39 is 14.9 Å². The number of thiophene rings is 1. The van der Waals surface area contributed by atoms with Crippen molar-refractivity contribution in [1.82, 2.24) is 9.97 Å². The summed E-state index contributed by atoms with van der Waals surface area (Å²) in [6.07, 6.45) is 3.40. The van der Waals surface area contributed by atoms with Gasteiger partial charge in [0.15, 0.2) is 0 Å². The number of benzene rings is 3. The Morgan fingerprint density at radius 2 is 1.62 bits per heavy atom. The minimum Gasteiger partial charge on any atom is -0.304 e. The fourth-order valence-corrected chi connectivity index (χ4v) is 6.91. The van der Waals surface area contributed by atoms with Crippen molar-refractivity contribution in [2.45, 2.75) is 46.3 Å². The molecule has 0 aliphatic heterocycles. The third-order valence-corrected chi connectivity index (χ3v) is 9.99. The summed E-state index contributed by atoms with van der Waals surface area (Å²) in [5.74, 6) is 0.501. The number of rotatable bonds is 4. The molecule has 0 aliphatic rings. The molecular weight excluding hydrogens is 701 g/mol. The maximum atomic E-state index is 7.23. The van der Waals surface area contributed by atoms with Gasteiger partial charge in [0, 0.05) is 41.3 Å². The number of hydrogen-bond donors (Lipinski definition) is 0. The zero-order chi connectivity index (χ0) is 30.1. The molecule has 5 heteroatoms. The summed E-state index contributed by atoms with van der Waals surface area (Å²) in [5, 5.41) is 4.18. The Bertz CT molecular complexity index is 1810. The van der Waals surface area contributed by atoms with E-state index in [4.69, 9.17) is 9.10 Å². The van der Waals surface area contributed by atoms with E-state index in [9.17, 15) is 0 Å². The molecule has 0 spiro atoms. The molecule has 205 valence electrons. The standard InChI is InChI=1S/C23H24NSSi.C12H10N.Ir/c1-15(2)16-9-12-21(24-14-16)20-8-6-7-19-18-11-10-17(26(3,4)5)13-22(18)25-23(19)20;1-10-7-8-12(13-9-10)11-5-3-2-4-6-11;/h6-7,9-15H,1-5H3;2-5,7-9H,1H3;/q2*-1;/i;1D3;. The predicted molar refractivity (Wildman–Crippen MR) is 172 cm³/mol. The number of fused-ring (bicyclic) bond motifs is 3. The zero-order valence-corrected chi connectivity index (χ0v) is 27.6. The van der Waals surface area contributed by atoms with E-state index in [1.165, 1.54) is 37.1 Å². The van der Waals surface area contributed by atoms with Crippen molar-refractivity contribution in [3.05, 3.63) is 115 Å². The quantitative estimate of drug-likeness (QED) is 0.133. The molecule has 0 bridgehead atoms. The van der Waals surface area contributed by atoms with Gasteiger partial charge in [-0.05, 0) is 51.4 Å². The number of nitrogens with zero attached hydrogens (tertiary/aromatic N) is 2. The molecule has 6 rings (SSSR count). The summed E-state index contributed by atoms with van der Waals surface area (Å²) in [6.45, 7) is 9.52. The second-order valence-corrected chi connectivity index (χ2v) is 17.1. The number of aromatic nitrogens is 2. The van der Waals surface area contributed by atoms with Crippen LogP contribution in [0.15, 0.2) is 91.3 Å². The number of aryl methyl sites for hydroxylation is 1. The fraction of sp³-hybridized carbons (Fsp3) is 0.200. The van der Waals surface area contributed by atoms with Gasteiger partial charge in [0.05, 0.1) is 8.07 Å². The summed E-state index contributed by atoms with van der Waals surface area (Å²) in [5.41, 5.74) is 5.25. The predicted octanol–water partition coefficient (Wildman–Crippen LogP) is 9.44. The molecule has 0 unspecified atom stereocenters. The van der Waals surface area contributed by atoms with Gasteiger partial charge in [-0.25, -0.2) is 0 Å². The second kappa shape index (κ2) is 12.7. The molecule has 0 amide bonds. The first kappa shape index (κ1) is 26.0. The van der Waals surface area contributed by atoms with Crippen molar-refractivity contribution in [3.8, 4) is 22.5 Å². The van der Waals surface area contributed by atoms with E-state index in [-0.39, 0.29) is 25.7 Å². The largest absolute Gasteiger partial charge is 0.304 e. The molecule has 0 saturated heterocycles. The van der Waals surface area contributed by atoms with E-state index >= 15 is 0 Å². The first-order valence-corrected chi connectivity index (χ1v) is 17.5. The number of hydrogen-bond acceptors (Lipinski definition) is 3. The van der Waals surface area contributed by atoms with Crippen molar-refractivity contribution in [3.63, 3.8) is 0 Å². The van der Waals surface area contributed by atoms with Crippen molar-refractivity contribution in [2.75, 3.05) is 0 Å². The van der Waals surface area contributed by atoms with Crippen LogP contribution in [0.4, 0.5) is 0 Å². The Hall–Kier alpha value is -2.95. The molecular formula is C35H34IrN2SSi-2. The minimum atomic E-state index is -2.09. The molecule has 0 atom stereocenters. The molecule has 0 aliphatic carbocycles. The summed E-state index contributed by atoms with van der Waals surface area (Å²) in [7, 11) is -1.31. The first-order valence-electron chi connectivity index (χ1n) is 14.7. The minimum absolute atomic E-state index is 0. The maximum absolute atomic E-state index is 7.23. The van der Waals surface area contributed by atoms with E-state index in [0.29, 0.717) is 5.92 Å². The normalized spacial score (nSPS) is 12.7. The van der Waals surface area contributed by atoms with Gasteiger partial charge in [-0.3, -0.25) is 0 Å². The van der Waals surface area contributed by atoms with Gasteiger partial charge < -0.3 is 9.97 Å². The molecule has 3 aromatic carbocycles. The van der Waals surface area contributed by atoms with Crippen molar-refractivity contribution in [2.24, 2.45) is 0 Å². The van der Waals surface area contributed by atoms with E-state index in [2.05, 4.69) is 87.0 Å². The Morgan fingerprint density at radius 1 is 0.825 bits per heavy atom. The smallest absolute Gasteiger partial charge is 0.0776 e. The molecule has 6 aromatic rings. The SMILES string of the molecule is CC(C)c1ccc(-c2[c-]ccc3c2sc2cc([Si](C)(C)C)ccc23)nc1.[2H]C([2H])([2H])c1ccc(-c2[c-]cccc2)nc1.[Ir]. The van der Waals surface area contributed by atoms with E-state index in [0.717, 1.165) is 22.5 Å². The van der Waals surface area contributed by atoms with Gasteiger partial charge in [-0.1, -0.05) is 80.5 Å². The van der Waals surface area contributed by atoms with Crippen LogP contribution in [0.3, 0.4) is 0 Å². The van der Waals surface area contributed by atoms with Crippen LogP contribution in [0.25, 0.3) is 42.7 Å². The van der Waals surface area contributed by atoms with E-state index in [1.54, 1.807) is 18.2 Å². The summed E-state index contributed by atoms with van der Waals surface area (Å²) < 4.78 is 24.4. The summed E-state index contributed by atoms with van der Waals surface area (Å²) in [4.78, 5) is 8.85. The monoisotopic (exact) mass is 738 g/mol. The molecule has 2 nitrogen and oxygen atoms in total. The maximum Gasteiger partial charge on any atom is 0.0776 e. The molecule has 3 heterocycles. The van der Waals surface area contributed by atoms with Gasteiger partial charge in [0.25, 0.3) is 0 Å². The molecule has 40 heavy (non-hydrogen) atoms. The Kier molecular flexibility index (Phi) is 8.25. The first-order chi connectivity index (χ1) is 19.9. The van der Waals surface area contributed by atoms with Crippen LogP contribution in [-0.2, 0) is 20.1 Å². The second-order valence-electron chi connectivity index (χ2n) is 11.0. The third-order valence-electron chi connectivity index (χ3n) is 6.76. The Morgan fingerprint density at radius 3 is 2.25 bits per heavy atom. The van der Waals surface area contributed by atoms with Gasteiger partial charge in [0.1, 0.15) is 0 Å². The van der Waals surface area contributed by atoms with Crippen LogP contribution in [0.2, 0.25) is 19.6 Å². The Labute approximate surface area is 261 Å². The van der Waals surface area contributed by atoms with Gasteiger partial charge in [-0.2, -0.15) is 11.3 Å². The Balaban J connectivity index is 0.000000215. The van der Waals surface area contributed by atoms with Crippen molar-refractivity contribution >= 4 is 44.8 Å². The molecule has 0 saturated carbocycles. The van der Waals surface area contributed by atoms with Crippen LogP contribution in [-0.4, -0.2) is 18.0 Å². The van der Waals surface area contributed by atoms with Crippen molar-refractivity contribution < 1.29 is 24.2 Å². The zero-order valence-electron chi connectivity index (χ0n) is 26.4. The fourth-order valence-electron chi connectivity index (χ4n) is 4.40. The van der Waals surface area contributed by atoms with Gasteiger partial charge >= 0.3 is 0 Å².